The quantitative estimate of drug-likeness (QED) is 0.675. The fourth-order valence-electron chi connectivity index (χ4n) is 3.36. The minimum Gasteiger partial charge on any atom is -0.368 e. The molecule has 1 atom stereocenters. The maximum Gasteiger partial charge on any atom is 0.253 e. The second-order valence-corrected chi connectivity index (χ2v) is 8.78. The molecule has 1 aliphatic heterocycles. The first kappa shape index (κ1) is 22.7. The van der Waals surface area contributed by atoms with E-state index in [9.17, 15) is 9.59 Å². The molecule has 2 aromatic rings. The number of carbonyl (C=O) groups excluding carboxylic acids is 2. The number of piperazine rings is 1. The second kappa shape index (κ2) is 10.9. The average Bonchev–Trinajstić information content (AvgIpc) is 2.76. The highest BCUT2D eigenvalue weighted by molar-refractivity contribution is 7.98. The van der Waals surface area contributed by atoms with Crippen LogP contribution < -0.4 is 10.2 Å². The molecule has 1 aromatic heterocycles. The number of hydrogen-bond donors (Lipinski definition) is 1. The molecule has 0 saturated carbocycles. The molecule has 1 fully saturated rings. The van der Waals surface area contributed by atoms with Gasteiger partial charge in [0.05, 0.1) is 10.6 Å². The summed E-state index contributed by atoms with van der Waals surface area (Å²) >= 11 is 13.7. The molecule has 1 saturated heterocycles. The Morgan fingerprint density at radius 1 is 1.13 bits per heavy atom. The summed E-state index contributed by atoms with van der Waals surface area (Å²) in [7, 11) is 0. The molecule has 0 aliphatic carbocycles. The number of hydrogen-bond acceptors (Lipinski definition) is 5. The monoisotopic (exact) mass is 466 g/mol. The highest BCUT2D eigenvalue weighted by Gasteiger charge is 2.29. The highest BCUT2D eigenvalue weighted by atomic mass is 35.5. The van der Waals surface area contributed by atoms with Crippen molar-refractivity contribution < 1.29 is 9.59 Å². The number of aromatic nitrogens is 1. The summed E-state index contributed by atoms with van der Waals surface area (Å²) in [6.45, 7) is 2.69. The first-order chi connectivity index (χ1) is 14.5. The van der Waals surface area contributed by atoms with Crippen LogP contribution in [0.4, 0.5) is 5.69 Å². The van der Waals surface area contributed by atoms with Gasteiger partial charge in [-0.2, -0.15) is 11.8 Å². The van der Waals surface area contributed by atoms with Crippen LogP contribution in [0.15, 0.2) is 42.7 Å². The Balaban J connectivity index is 1.64. The third kappa shape index (κ3) is 5.80. The van der Waals surface area contributed by atoms with Crippen LogP contribution in [0.5, 0.6) is 0 Å². The third-order valence-electron chi connectivity index (χ3n) is 5.01. The molecule has 3 rings (SSSR count). The Labute approximate surface area is 190 Å². The Bertz CT molecular complexity index is 877. The molecule has 2 amide bonds. The van der Waals surface area contributed by atoms with Gasteiger partial charge in [-0.05, 0) is 48.8 Å². The summed E-state index contributed by atoms with van der Waals surface area (Å²) in [6.07, 6.45) is 6.07. The molecule has 30 heavy (non-hydrogen) atoms. The normalized spacial score (nSPS) is 15.0. The van der Waals surface area contributed by atoms with Gasteiger partial charge in [0.15, 0.2) is 0 Å². The standard InChI is InChI=1S/C21H24Cl2N4O2S/c1-30-13-6-19(25-20(28)17-3-2-15(22)14-18(17)23)21(29)27-11-9-26(10-12-27)16-4-7-24-8-5-16/h2-5,7-8,14,19H,6,9-13H2,1H3,(H,25,28). The van der Waals surface area contributed by atoms with Gasteiger partial charge in [-0.3, -0.25) is 14.6 Å². The van der Waals surface area contributed by atoms with E-state index in [1.165, 1.54) is 6.07 Å². The lowest BCUT2D eigenvalue weighted by Crippen LogP contribution is -2.55. The first-order valence-corrected chi connectivity index (χ1v) is 11.8. The second-order valence-electron chi connectivity index (χ2n) is 6.95. The maximum absolute atomic E-state index is 13.2. The van der Waals surface area contributed by atoms with E-state index >= 15 is 0 Å². The van der Waals surface area contributed by atoms with E-state index in [-0.39, 0.29) is 16.8 Å². The zero-order valence-corrected chi connectivity index (χ0v) is 19.0. The van der Waals surface area contributed by atoms with E-state index in [0.29, 0.717) is 30.1 Å². The van der Waals surface area contributed by atoms with Crippen molar-refractivity contribution in [3.63, 3.8) is 0 Å². The number of thioether (sulfide) groups is 1. The molecule has 0 spiro atoms. The van der Waals surface area contributed by atoms with Gasteiger partial charge in [-0.25, -0.2) is 0 Å². The molecule has 6 nitrogen and oxygen atoms in total. The molecule has 0 radical (unpaired) electrons. The molecule has 1 aromatic carbocycles. The van der Waals surface area contributed by atoms with Crippen LogP contribution in [0.1, 0.15) is 16.8 Å². The molecule has 1 N–H and O–H groups in total. The topological polar surface area (TPSA) is 65.5 Å². The van der Waals surface area contributed by atoms with Crippen molar-refractivity contribution in [1.82, 2.24) is 15.2 Å². The van der Waals surface area contributed by atoms with Crippen LogP contribution in [0.2, 0.25) is 10.0 Å². The Morgan fingerprint density at radius 2 is 1.83 bits per heavy atom. The molecular weight excluding hydrogens is 443 g/mol. The van der Waals surface area contributed by atoms with Gasteiger partial charge in [-0.1, -0.05) is 23.2 Å². The first-order valence-electron chi connectivity index (χ1n) is 9.68. The van der Waals surface area contributed by atoms with Crippen molar-refractivity contribution in [1.29, 1.82) is 0 Å². The van der Waals surface area contributed by atoms with E-state index in [1.807, 2.05) is 23.3 Å². The predicted octanol–water partition coefficient (Wildman–Crippen LogP) is 3.59. The Hall–Kier alpha value is -1.96. The molecule has 2 heterocycles. The number of halogens is 2. The van der Waals surface area contributed by atoms with Gasteiger partial charge in [0.2, 0.25) is 5.91 Å². The molecule has 160 valence electrons. The van der Waals surface area contributed by atoms with E-state index in [0.717, 1.165) is 24.5 Å². The van der Waals surface area contributed by atoms with E-state index in [1.54, 1.807) is 36.3 Å². The predicted molar refractivity (Wildman–Crippen MR) is 124 cm³/mol. The Kier molecular flexibility index (Phi) is 8.24. The number of anilines is 1. The average molecular weight is 467 g/mol. The lowest BCUT2D eigenvalue weighted by atomic mass is 10.1. The van der Waals surface area contributed by atoms with Crippen LogP contribution in [0, 0.1) is 0 Å². The minimum absolute atomic E-state index is 0.0585. The van der Waals surface area contributed by atoms with Crippen molar-refractivity contribution in [3.8, 4) is 0 Å². The molecule has 0 bridgehead atoms. The summed E-state index contributed by atoms with van der Waals surface area (Å²) in [5, 5.41) is 3.60. The molecule has 1 aliphatic rings. The fraction of sp³-hybridized carbons (Fsp3) is 0.381. The van der Waals surface area contributed by atoms with Crippen LogP contribution in [0.3, 0.4) is 0 Å². The SMILES string of the molecule is CSCCC(NC(=O)c1ccc(Cl)cc1Cl)C(=O)N1CCN(c2ccncc2)CC1. The summed E-state index contributed by atoms with van der Waals surface area (Å²) in [5.41, 5.74) is 1.41. The summed E-state index contributed by atoms with van der Waals surface area (Å²) in [4.78, 5) is 34.0. The maximum atomic E-state index is 13.2. The Morgan fingerprint density at radius 3 is 2.47 bits per heavy atom. The third-order valence-corrected chi connectivity index (χ3v) is 6.20. The largest absolute Gasteiger partial charge is 0.368 e. The van der Waals surface area contributed by atoms with Crippen molar-refractivity contribution in [2.45, 2.75) is 12.5 Å². The zero-order chi connectivity index (χ0) is 21.5. The number of nitrogens with zero attached hydrogens (tertiary/aromatic N) is 3. The van der Waals surface area contributed by atoms with Crippen molar-refractivity contribution in [3.05, 3.63) is 58.3 Å². The number of nitrogens with one attached hydrogen (secondary N) is 1. The fourth-order valence-corrected chi connectivity index (χ4v) is 4.33. The van der Waals surface area contributed by atoms with E-state index in [2.05, 4.69) is 15.2 Å². The van der Waals surface area contributed by atoms with Crippen molar-refractivity contribution in [2.75, 3.05) is 43.1 Å². The van der Waals surface area contributed by atoms with Gasteiger partial charge < -0.3 is 15.1 Å². The van der Waals surface area contributed by atoms with Crippen molar-refractivity contribution in [2.24, 2.45) is 0 Å². The van der Waals surface area contributed by atoms with Gasteiger partial charge in [0.25, 0.3) is 5.91 Å². The van der Waals surface area contributed by atoms with Gasteiger partial charge in [0, 0.05) is 49.3 Å². The van der Waals surface area contributed by atoms with Crippen LogP contribution in [-0.2, 0) is 4.79 Å². The number of carbonyl (C=O) groups is 2. The van der Waals surface area contributed by atoms with Gasteiger partial charge in [0.1, 0.15) is 6.04 Å². The van der Waals surface area contributed by atoms with E-state index < -0.39 is 6.04 Å². The number of pyridine rings is 1. The smallest absolute Gasteiger partial charge is 0.253 e. The molecule has 9 heteroatoms. The van der Waals surface area contributed by atoms with E-state index in [4.69, 9.17) is 23.2 Å². The lowest BCUT2D eigenvalue weighted by molar-refractivity contribution is -0.133. The molecule has 1 unspecified atom stereocenters. The summed E-state index contributed by atoms with van der Waals surface area (Å²) < 4.78 is 0. The number of rotatable bonds is 7. The van der Waals surface area contributed by atoms with Crippen LogP contribution in [0.25, 0.3) is 0 Å². The summed E-state index contributed by atoms with van der Waals surface area (Å²) in [5.74, 6) is 0.338. The zero-order valence-electron chi connectivity index (χ0n) is 16.7. The summed E-state index contributed by atoms with van der Waals surface area (Å²) in [6, 6.07) is 8.05. The van der Waals surface area contributed by atoms with Gasteiger partial charge >= 0.3 is 0 Å². The molecular formula is C21H24Cl2N4O2S. The number of amides is 2. The van der Waals surface area contributed by atoms with Crippen LogP contribution in [-0.4, -0.2) is 65.9 Å². The van der Waals surface area contributed by atoms with Crippen LogP contribution >= 0.6 is 35.0 Å². The lowest BCUT2D eigenvalue weighted by Gasteiger charge is -2.37. The van der Waals surface area contributed by atoms with Crippen molar-refractivity contribution >= 4 is 52.5 Å². The number of benzene rings is 1. The van der Waals surface area contributed by atoms with Gasteiger partial charge in [-0.15, -0.1) is 0 Å². The minimum atomic E-state index is -0.593. The highest BCUT2D eigenvalue weighted by Crippen LogP contribution is 2.21.